The van der Waals surface area contributed by atoms with Gasteiger partial charge in [-0.25, -0.2) is 9.78 Å². The second kappa shape index (κ2) is 3.97. The maximum absolute atomic E-state index is 10.9. The van der Waals surface area contributed by atoms with Gasteiger partial charge in [0.2, 0.25) is 0 Å². The van der Waals surface area contributed by atoms with Gasteiger partial charge in [0.25, 0.3) is 0 Å². The van der Waals surface area contributed by atoms with Gasteiger partial charge in [0.05, 0.1) is 5.51 Å². The van der Waals surface area contributed by atoms with Gasteiger partial charge in [-0.1, -0.05) is 0 Å². The number of thiazole rings is 1. The molecule has 13 heavy (non-hydrogen) atoms. The normalized spacial score (nSPS) is 11.2. The summed E-state index contributed by atoms with van der Waals surface area (Å²) in [5.41, 5.74) is 1.48. The number of nitrogens with zero attached hydrogens (tertiary/aromatic N) is 1. The van der Waals surface area contributed by atoms with Crippen LogP contribution in [0.4, 0.5) is 0 Å². The Bertz CT molecular complexity index is 331. The number of esters is 1. The van der Waals surface area contributed by atoms with Crippen molar-refractivity contribution in [3.05, 3.63) is 16.6 Å². The molecule has 0 atom stereocenters. The van der Waals surface area contributed by atoms with Crippen LogP contribution in [-0.4, -0.2) is 27.1 Å². The maximum atomic E-state index is 10.9. The van der Waals surface area contributed by atoms with Crippen LogP contribution in [0.15, 0.2) is 10.9 Å². The molecule has 0 bridgehead atoms. The molecule has 2 N–H and O–H groups in total. The summed E-state index contributed by atoms with van der Waals surface area (Å²) in [6.45, 7) is 0. The van der Waals surface area contributed by atoms with E-state index in [9.17, 15) is 9.36 Å². The molecule has 0 spiro atoms. The van der Waals surface area contributed by atoms with Gasteiger partial charge in [0, 0.05) is 5.38 Å². The fourth-order valence-electron chi connectivity index (χ4n) is 0.530. The Labute approximate surface area is 77.3 Å². The monoisotopic (exact) mass is 223 g/mol. The molecule has 1 aromatic heterocycles. The number of carbonyl (C=O) groups is 1. The van der Waals surface area contributed by atoms with E-state index >= 15 is 0 Å². The SMILES string of the molecule is O=C(OCP(=O)(O)O)c1cscn1. The lowest BCUT2D eigenvalue weighted by Gasteiger charge is -2.03. The van der Waals surface area contributed by atoms with Gasteiger partial charge < -0.3 is 14.5 Å². The van der Waals surface area contributed by atoms with Crippen molar-refractivity contribution >= 4 is 24.9 Å². The molecule has 0 unspecified atom stereocenters. The summed E-state index contributed by atoms with van der Waals surface area (Å²) in [6.07, 6.45) is -0.913. The Hall–Kier alpha value is -0.750. The number of ether oxygens (including phenoxy) is 1. The Balaban J connectivity index is 2.49. The molecule has 0 saturated heterocycles. The molecule has 6 nitrogen and oxygen atoms in total. The average Bonchev–Trinajstić information content (AvgIpc) is 2.50. The molecule has 72 valence electrons. The van der Waals surface area contributed by atoms with E-state index in [0.29, 0.717) is 0 Å². The molecule has 1 rings (SSSR count). The van der Waals surface area contributed by atoms with Crippen molar-refractivity contribution in [2.45, 2.75) is 0 Å². The summed E-state index contributed by atoms with van der Waals surface area (Å²) in [5.74, 6) is -0.829. The molecule has 0 radical (unpaired) electrons. The van der Waals surface area contributed by atoms with Crippen LogP contribution >= 0.6 is 18.9 Å². The highest BCUT2D eigenvalue weighted by molar-refractivity contribution is 7.51. The van der Waals surface area contributed by atoms with Crippen LogP contribution < -0.4 is 0 Å². The largest absolute Gasteiger partial charge is 0.448 e. The number of aromatic nitrogens is 1. The molecular formula is C5H6NO5PS. The molecule has 8 heteroatoms. The van der Waals surface area contributed by atoms with E-state index in [1.54, 1.807) is 0 Å². The van der Waals surface area contributed by atoms with Crippen LogP contribution in [0.3, 0.4) is 0 Å². The second-order valence-corrected chi connectivity index (χ2v) is 4.41. The summed E-state index contributed by atoms with van der Waals surface area (Å²) in [5, 5.41) is 1.43. The van der Waals surface area contributed by atoms with Crippen molar-refractivity contribution in [2.75, 3.05) is 6.35 Å². The van der Waals surface area contributed by atoms with E-state index < -0.39 is 19.9 Å². The van der Waals surface area contributed by atoms with Crippen LogP contribution in [0.25, 0.3) is 0 Å². The summed E-state index contributed by atoms with van der Waals surface area (Å²) in [6, 6.07) is 0. The first-order valence-corrected chi connectivity index (χ1v) is 5.83. The smallest absolute Gasteiger partial charge is 0.362 e. The van der Waals surface area contributed by atoms with E-state index in [0.717, 1.165) is 0 Å². The van der Waals surface area contributed by atoms with E-state index in [1.165, 1.54) is 22.2 Å². The fraction of sp³-hybridized carbons (Fsp3) is 0.200. The fourth-order valence-corrected chi connectivity index (χ4v) is 1.34. The molecule has 0 saturated carbocycles. The molecule has 1 heterocycles. The van der Waals surface area contributed by atoms with Gasteiger partial charge in [-0.2, -0.15) is 0 Å². The molecule has 0 aliphatic rings. The van der Waals surface area contributed by atoms with Crippen molar-refractivity contribution in [3.63, 3.8) is 0 Å². The second-order valence-electron chi connectivity index (χ2n) is 2.10. The van der Waals surface area contributed by atoms with E-state index in [2.05, 4.69) is 9.72 Å². The van der Waals surface area contributed by atoms with E-state index in [-0.39, 0.29) is 5.69 Å². The van der Waals surface area contributed by atoms with Crippen LogP contribution in [0.2, 0.25) is 0 Å². The average molecular weight is 223 g/mol. The minimum Gasteiger partial charge on any atom is -0.448 e. The topological polar surface area (TPSA) is 96.7 Å². The first-order valence-electron chi connectivity index (χ1n) is 3.09. The van der Waals surface area contributed by atoms with Crippen molar-refractivity contribution in [1.82, 2.24) is 4.98 Å². The van der Waals surface area contributed by atoms with Crippen molar-refractivity contribution in [1.29, 1.82) is 0 Å². The van der Waals surface area contributed by atoms with Gasteiger partial charge in [0.15, 0.2) is 12.0 Å². The molecule has 0 fully saturated rings. The Morgan fingerprint density at radius 3 is 2.85 bits per heavy atom. The quantitative estimate of drug-likeness (QED) is 0.569. The lowest BCUT2D eigenvalue weighted by atomic mass is 10.5. The zero-order valence-corrected chi connectivity index (χ0v) is 7.99. The lowest BCUT2D eigenvalue weighted by Crippen LogP contribution is -2.06. The number of hydrogen-bond donors (Lipinski definition) is 2. The first-order chi connectivity index (χ1) is 5.99. The predicted molar refractivity (Wildman–Crippen MR) is 44.4 cm³/mol. The van der Waals surface area contributed by atoms with Gasteiger partial charge in [0.1, 0.15) is 0 Å². The third-order valence-electron chi connectivity index (χ3n) is 1.01. The zero-order chi connectivity index (χ0) is 9.90. The highest BCUT2D eigenvalue weighted by atomic mass is 32.1. The van der Waals surface area contributed by atoms with Gasteiger partial charge in [-0.3, -0.25) is 4.57 Å². The third kappa shape index (κ3) is 3.65. The molecular weight excluding hydrogens is 217 g/mol. The minimum atomic E-state index is -4.29. The Morgan fingerprint density at radius 1 is 1.69 bits per heavy atom. The maximum Gasteiger partial charge on any atom is 0.362 e. The standard InChI is InChI=1S/C5H6NO5PS/c7-5(4-1-13-2-6-4)11-3-12(8,9)10/h1-2H,3H2,(H2,8,9,10). The third-order valence-corrected chi connectivity index (χ3v) is 2.06. The van der Waals surface area contributed by atoms with Crippen molar-refractivity contribution in [3.8, 4) is 0 Å². The summed E-state index contributed by atoms with van der Waals surface area (Å²) in [4.78, 5) is 31.3. The highest BCUT2D eigenvalue weighted by Crippen LogP contribution is 2.34. The van der Waals surface area contributed by atoms with Crippen molar-refractivity contribution < 1.29 is 23.9 Å². The molecule has 0 aliphatic carbocycles. The molecule has 1 aromatic rings. The summed E-state index contributed by atoms with van der Waals surface area (Å²) < 4.78 is 14.6. The molecule has 0 aromatic carbocycles. The predicted octanol–water partition coefficient (Wildman–Crippen LogP) is 0.435. The van der Waals surface area contributed by atoms with Crippen LogP contribution in [0.5, 0.6) is 0 Å². The molecule has 0 amide bonds. The number of hydrogen-bond acceptors (Lipinski definition) is 5. The van der Waals surface area contributed by atoms with E-state index in [1.807, 2.05) is 0 Å². The minimum absolute atomic E-state index is 0.0541. The van der Waals surface area contributed by atoms with Gasteiger partial charge in [-0.05, 0) is 0 Å². The Kier molecular flexibility index (Phi) is 3.16. The van der Waals surface area contributed by atoms with Gasteiger partial charge >= 0.3 is 13.6 Å². The summed E-state index contributed by atoms with van der Waals surface area (Å²) in [7, 11) is -4.29. The Morgan fingerprint density at radius 2 is 2.38 bits per heavy atom. The zero-order valence-electron chi connectivity index (χ0n) is 6.28. The lowest BCUT2D eigenvalue weighted by molar-refractivity contribution is 0.0544. The van der Waals surface area contributed by atoms with Crippen LogP contribution in [0, 0.1) is 0 Å². The van der Waals surface area contributed by atoms with Crippen molar-refractivity contribution in [2.24, 2.45) is 0 Å². The van der Waals surface area contributed by atoms with E-state index in [4.69, 9.17) is 9.79 Å². The number of carbonyl (C=O) groups excluding carboxylic acids is 1. The van der Waals surface area contributed by atoms with Gasteiger partial charge in [-0.15, -0.1) is 11.3 Å². The highest BCUT2D eigenvalue weighted by Gasteiger charge is 2.18. The first kappa shape index (κ1) is 10.3. The number of rotatable bonds is 3. The van der Waals surface area contributed by atoms with Crippen LogP contribution in [0.1, 0.15) is 10.5 Å². The molecule has 0 aliphatic heterocycles. The summed E-state index contributed by atoms with van der Waals surface area (Å²) >= 11 is 1.20. The van der Waals surface area contributed by atoms with Crippen LogP contribution in [-0.2, 0) is 9.30 Å².